The molecule has 0 aromatic carbocycles. The summed E-state index contributed by atoms with van der Waals surface area (Å²) < 4.78 is 0. The largest absolute Gasteiger partial charge is 0.393 e. The van der Waals surface area contributed by atoms with E-state index in [0.717, 1.165) is 32.1 Å². The molecule has 32 heavy (non-hydrogen) atoms. The van der Waals surface area contributed by atoms with Gasteiger partial charge in [0, 0.05) is 0 Å². The maximum absolute atomic E-state index is 11.7. The van der Waals surface area contributed by atoms with Crippen LogP contribution in [0.25, 0.3) is 0 Å². The minimum atomic E-state index is -0.565. The Kier molecular flexibility index (Phi) is 6.07. The van der Waals surface area contributed by atoms with Crippen LogP contribution in [0.4, 0.5) is 0 Å². The summed E-state index contributed by atoms with van der Waals surface area (Å²) in [6.07, 6.45) is 13.9. The summed E-state index contributed by atoms with van der Waals surface area (Å²) in [5, 5.41) is 22.5. The van der Waals surface area contributed by atoms with Gasteiger partial charge in [-0.15, -0.1) is 0 Å². The molecule has 8 atom stereocenters. The van der Waals surface area contributed by atoms with Gasteiger partial charge >= 0.3 is 0 Å². The number of hydrogen-bond acceptors (Lipinski definition) is 2. The number of hydrogen-bond donors (Lipinski definition) is 2. The number of allylic oxidation sites excluding steroid dienone is 2. The van der Waals surface area contributed by atoms with Crippen LogP contribution < -0.4 is 0 Å². The van der Waals surface area contributed by atoms with E-state index < -0.39 is 5.60 Å². The average molecular weight is 445 g/mol. The predicted molar refractivity (Wildman–Crippen MR) is 134 cm³/mol. The van der Waals surface area contributed by atoms with Gasteiger partial charge in [0.1, 0.15) is 0 Å². The first kappa shape index (κ1) is 24.8. The van der Waals surface area contributed by atoms with Crippen molar-refractivity contribution in [3.63, 3.8) is 0 Å². The van der Waals surface area contributed by atoms with Crippen molar-refractivity contribution < 1.29 is 10.2 Å². The molecule has 2 heteroatoms. The van der Waals surface area contributed by atoms with Crippen molar-refractivity contribution in [2.24, 2.45) is 45.3 Å². The van der Waals surface area contributed by atoms with Crippen LogP contribution in [0.2, 0.25) is 0 Å². The number of rotatable bonds is 5. The van der Waals surface area contributed by atoms with Crippen LogP contribution in [0.5, 0.6) is 0 Å². The zero-order valence-electron chi connectivity index (χ0n) is 22.4. The van der Waals surface area contributed by atoms with E-state index in [9.17, 15) is 10.2 Å². The minimum absolute atomic E-state index is 0.00123. The molecule has 4 aliphatic rings. The van der Waals surface area contributed by atoms with Crippen molar-refractivity contribution in [1.29, 1.82) is 0 Å². The molecule has 4 aliphatic carbocycles. The van der Waals surface area contributed by atoms with Crippen molar-refractivity contribution in [2.45, 2.75) is 131 Å². The van der Waals surface area contributed by atoms with Crippen LogP contribution in [0.1, 0.15) is 120 Å². The number of fused-ring (bicyclic) bond motifs is 5. The molecule has 0 aliphatic heterocycles. The molecule has 0 spiro atoms. The van der Waals surface area contributed by atoms with Crippen LogP contribution in [0.15, 0.2) is 11.6 Å². The van der Waals surface area contributed by atoms with Gasteiger partial charge in [0.05, 0.1) is 11.7 Å². The molecule has 0 bridgehead atoms. The number of aliphatic hydroxyl groups excluding tert-OH is 1. The molecule has 0 saturated heterocycles. The molecule has 2 N–H and O–H groups in total. The standard InChI is InChI=1S/C30H52O2/c1-20(2)10-9-16-30(8,32)24-14-19-28(6)22-11-12-23-26(3,4)25(31)15-17-27(23,5)21(22)13-18-29(24,28)7/h13,20,22-25,31-32H,9-12,14-19H2,1-8H3/t22-,23+,24+,25+,27-,28+,29-,30+/m1/s1. The van der Waals surface area contributed by atoms with Gasteiger partial charge < -0.3 is 10.2 Å². The highest BCUT2D eigenvalue weighted by Crippen LogP contribution is 2.73. The molecule has 0 unspecified atom stereocenters. The maximum atomic E-state index is 11.7. The lowest BCUT2D eigenvalue weighted by atomic mass is 9.41. The highest BCUT2D eigenvalue weighted by atomic mass is 16.3. The molecule has 4 rings (SSSR count). The van der Waals surface area contributed by atoms with Gasteiger partial charge in [0.25, 0.3) is 0 Å². The van der Waals surface area contributed by atoms with Crippen molar-refractivity contribution in [3.8, 4) is 0 Å². The Morgan fingerprint density at radius 2 is 1.69 bits per heavy atom. The third-order valence-electron chi connectivity index (χ3n) is 12.0. The SMILES string of the molecule is CC(C)CCC[C@](C)(O)[C@H]1CC[C@@]2(C)[C@@H]3CC[C@H]4C(C)(C)[C@@H](O)CC[C@]4(C)C3=CC[C@]12C. The summed E-state index contributed by atoms with van der Waals surface area (Å²) in [4.78, 5) is 0. The Bertz CT molecular complexity index is 748. The molecular formula is C30H52O2. The van der Waals surface area contributed by atoms with Gasteiger partial charge in [0.15, 0.2) is 0 Å². The fourth-order valence-electron chi connectivity index (χ4n) is 9.75. The van der Waals surface area contributed by atoms with Crippen molar-refractivity contribution in [1.82, 2.24) is 0 Å². The molecule has 0 radical (unpaired) electrons. The van der Waals surface area contributed by atoms with Gasteiger partial charge in [-0.3, -0.25) is 0 Å². The normalized spacial score (nSPS) is 47.3. The Morgan fingerprint density at radius 1 is 1.00 bits per heavy atom. The first-order valence-corrected chi connectivity index (χ1v) is 13.8. The van der Waals surface area contributed by atoms with Gasteiger partial charge in [0.2, 0.25) is 0 Å². The monoisotopic (exact) mass is 444 g/mol. The Labute approximate surface area is 198 Å². The van der Waals surface area contributed by atoms with E-state index >= 15 is 0 Å². The first-order valence-electron chi connectivity index (χ1n) is 13.8. The molecule has 0 heterocycles. The second kappa shape index (κ2) is 7.84. The van der Waals surface area contributed by atoms with Gasteiger partial charge in [-0.2, -0.15) is 0 Å². The fourth-order valence-corrected chi connectivity index (χ4v) is 9.75. The van der Waals surface area contributed by atoms with Gasteiger partial charge in [-0.25, -0.2) is 0 Å². The summed E-state index contributed by atoms with van der Waals surface area (Å²) in [6.45, 7) is 19.0. The predicted octanol–water partition coefficient (Wildman–Crippen LogP) is 7.53. The summed E-state index contributed by atoms with van der Waals surface area (Å²) in [5.41, 5.74) is 1.85. The summed E-state index contributed by atoms with van der Waals surface area (Å²) in [6, 6.07) is 0. The smallest absolute Gasteiger partial charge is 0.0653 e. The topological polar surface area (TPSA) is 40.5 Å². The zero-order chi connectivity index (χ0) is 23.7. The van der Waals surface area contributed by atoms with Gasteiger partial charge in [-0.1, -0.05) is 73.0 Å². The van der Waals surface area contributed by atoms with Gasteiger partial charge in [-0.05, 0) is 104 Å². The molecule has 0 amide bonds. The van der Waals surface area contributed by atoms with Crippen LogP contribution in [-0.4, -0.2) is 21.9 Å². The maximum Gasteiger partial charge on any atom is 0.0653 e. The van der Waals surface area contributed by atoms with E-state index in [1.165, 1.54) is 32.1 Å². The zero-order valence-corrected chi connectivity index (χ0v) is 22.4. The lowest BCUT2D eigenvalue weighted by Crippen LogP contribution is -2.58. The highest BCUT2D eigenvalue weighted by Gasteiger charge is 2.66. The second-order valence-corrected chi connectivity index (χ2v) is 14.4. The van der Waals surface area contributed by atoms with Crippen LogP contribution in [0, 0.1) is 45.3 Å². The summed E-state index contributed by atoms with van der Waals surface area (Å²) >= 11 is 0. The highest BCUT2D eigenvalue weighted by molar-refractivity contribution is 5.33. The van der Waals surface area contributed by atoms with Crippen LogP contribution >= 0.6 is 0 Å². The first-order chi connectivity index (χ1) is 14.7. The molecule has 3 fully saturated rings. The molecule has 0 aromatic heterocycles. The Hall–Kier alpha value is -0.340. The van der Waals surface area contributed by atoms with E-state index in [1.807, 2.05) is 0 Å². The van der Waals surface area contributed by atoms with E-state index in [4.69, 9.17) is 0 Å². The molecule has 3 saturated carbocycles. The van der Waals surface area contributed by atoms with Crippen molar-refractivity contribution in [2.75, 3.05) is 0 Å². The van der Waals surface area contributed by atoms with Crippen molar-refractivity contribution in [3.05, 3.63) is 11.6 Å². The molecule has 2 nitrogen and oxygen atoms in total. The van der Waals surface area contributed by atoms with E-state index in [0.29, 0.717) is 23.7 Å². The molecule has 0 aromatic rings. The van der Waals surface area contributed by atoms with Crippen LogP contribution in [0.3, 0.4) is 0 Å². The third-order valence-corrected chi connectivity index (χ3v) is 12.0. The Balaban J connectivity index is 1.64. The minimum Gasteiger partial charge on any atom is -0.393 e. The molecular weight excluding hydrogens is 392 g/mol. The lowest BCUT2D eigenvalue weighted by molar-refractivity contribution is -0.129. The lowest BCUT2D eigenvalue weighted by Gasteiger charge is -2.64. The summed E-state index contributed by atoms with van der Waals surface area (Å²) in [5.74, 6) is 2.32. The van der Waals surface area contributed by atoms with Crippen LogP contribution in [-0.2, 0) is 0 Å². The third kappa shape index (κ3) is 3.40. The quantitative estimate of drug-likeness (QED) is 0.430. The number of aliphatic hydroxyl groups is 2. The Morgan fingerprint density at radius 3 is 2.34 bits per heavy atom. The molecule has 184 valence electrons. The van der Waals surface area contributed by atoms with Crippen molar-refractivity contribution >= 4 is 0 Å². The fraction of sp³-hybridized carbons (Fsp3) is 0.933. The second-order valence-electron chi connectivity index (χ2n) is 14.4. The summed E-state index contributed by atoms with van der Waals surface area (Å²) in [7, 11) is 0. The van der Waals surface area contributed by atoms with E-state index in [2.05, 4.69) is 61.5 Å². The average Bonchev–Trinajstić information content (AvgIpc) is 2.97. The van der Waals surface area contributed by atoms with E-state index in [-0.39, 0.29) is 27.8 Å². The van der Waals surface area contributed by atoms with E-state index in [1.54, 1.807) is 5.57 Å².